The van der Waals surface area contributed by atoms with E-state index in [1.165, 1.54) is 17.3 Å². The van der Waals surface area contributed by atoms with Crippen LogP contribution in [0.5, 0.6) is 0 Å². The number of rotatable bonds is 6. The highest BCUT2D eigenvalue weighted by atomic mass is 32.2. The van der Waals surface area contributed by atoms with E-state index in [1.54, 1.807) is 23.1 Å². The number of aryl methyl sites for hydroxylation is 3. The number of thioether (sulfide) groups is 2. The van der Waals surface area contributed by atoms with E-state index in [-0.39, 0.29) is 11.0 Å². The molecule has 0 aliphatic rings. The summed E-state index contributed by atoms with van der Waals surface area (Å²) in [4.78, 5) is 12.7. The number of hydrogen-bond acceptors (Lipinski definition) is 6. The molecule has 118 valence electrons. The van der Waals surface area contributed by atoms with Crippen LogP contribution in [0.15, 0.2) is 20.8 Å². The maximum atomic E-state index is 12.7. The molecule has 0 saturated heterocycles. The van der Waals surface area contributed by atoms with E-state index in [0.29, 0.717) is 0 Å². The van der Waals surface area contributed by atoms with E-state index in [9.17, 15) is 4.79 Å². The number of carbonyl (C=O) groups excluding carboxylic acids is 1. The van der Waals surface area contributed by atoms with Crippen molar-refractivity contribution in [2.75, 3.05) is 5.75 Å². The van der Waals surface area contributed by atoms with E-state index in [2.05, 4.69) is 30.1 Å². The second-order valence-electron chi connectivity index (χ2n) is 5.14. The molecule has 1 aromatic heterocycles. The molecular weight excluding hydrogens is 332 g/mol. The van der Waals surface area contributed by atoms with Crippen LogP contribution in [0.1, 0.15) is 40.9 Å². The van der Waals surface area contributed by atoms with Gasteiger partial charge in [0.2, 0.25) is 0 Å². The third kappa shape index (κ3) is 4.12. The van der Waals surface area contributed by atoms with Gasteiger partial charge in [-0.3, -0.25) is 4.79 Å². The van der Waals surface area contributed by atoms with Gasteiger partial charge in [-0.1, -0.05) is 47.9 Å². The number of hydrogen-bond donors (Lipinski definition) is 0. The second-order valence-corrected chi connectivity index (χ2v) is 9.22. The van der Waals surface area contributed by atoms with Crippen molar-refractivity contribution >= 4 is 40.6 Å². The fourth-order valence-corrected chi connectivity index (χ4v) is 5.21. The fraction of sp³-hybridized carbons (Fsp3) is 0.438. The van der Waals surface area contributed by atoms with Crippen LogP contribution in [0.2, 0.25) is 0 Å². The minimum absolute atomic E-state index is 0.158. The molecule has 3 nitrogen and oxygen atoms in total. The smallest absolute Gasteiger partial charge is 0.176 e. The summed E-state index contributed by atoms with van der Waals surface area (Å²) in [6.45, 7) is 10.1. The number of Topliss-reactive ketones (excluding diaryl/α,β-unsaturated/α-hetero) is 1. The topological polar surface area (TPSA) is 42.9 Å². The molecule has 0 radical (unpaired) electrons. The lowest BCUT2D eigenvalue weighted by Crippen LogP contribution is -2.15. The summed E-state index contributed by atoms with van der Waals surface area (Å²) < 4.78 is 1.82. The normalized spacial score (nSPS) is 12.4. The Balaban J connectivity index is 2.13. The molecule has 2 aromatic rings. The first kappa shape index (κ1) is 17.5. The van der Waals surface area contributed by atoms with Crippen molar-refractivity contribution in [1.82, 2.24) is 10.2 Å². The van der Waals surface area contributed by atoms with E-state index in [4.69, 9.17) is 0 Å². The molecule has 1 aromatic carbocycles. The van der Waals surface area contributed by atoms with Gasteiger partial charge >= 0.3 is 0 Å². The molecule has 0 spiro atoms. The molecule has 0 aliphatic carbocycles. The molecule has 2 rings (SSSR count). The van der Waals surface area contributed by atoms with Gasteiger partial charge in [-0.15, -0.1) is 10.2 Å². The second kappa shape index (κ2) is 7.62. The van der Waals surface area contributed by atoms with Gasteiger partial charge in [0.25, 0.3) is 0 Å². The summed E-state index contributed by atoms with van der Waals surface area (Å²) in [6.07, 6.45) is 0. The number of ketones is 1. The van der Waals surface area contributed by atoms with E-state index < -0.39 is 0 Å². The standard InChI is InChI=1S/C16H20N2OS3/c1-6-20-15-17-18-16(22-15)21-12(5)14(19)13-8-10(3)9(2)7-11(13)4/h7-8,12H,6H2,1-5H3. The zero-order chi connectivity index (χ0) is 16.3. The number of carbonyl (C=O) groups is 1. The maximum absolute atomic E-state index is 12.7. The SMILES string of the molecule is CCSc1nnc(SC(C)C(=O)c2cc(C)c(C)cc2C)s1. The predicted octanol–water partition coefficient (Wildman–Crippen LogP) is 4.94. The van der Waals surface area contributed by atoms with Gasteiger partial charge in [0.15, 0.2) is 14.5 Å². The first-order valence-corrected chi connectivity index (χ1v) is 9.85. The highest BCUT2D eigenvalue weighted by Gasteiger charge is 2.20. The van der Waals surface area contributed by atoms with Gasteiger partial charge in [-0.2, -0.15) is 0 Å². The molecule has 0 aliphatic heterocycles. The van der Waals surface area contributed by atoms with E-state index >= 15 is 0 Å². The zero-order valence-electron chi connectivity index (χ0n) is 13.5. The predicted molar refractivity (Wildman–Crippen MR) is 96.6 cm³/mol. The van der Waals surface area contributed by atoms with Crippen LogP contribution in [0, 0.1) is 20.8 Å². The Hall–Kier alpha value is -0.850. The van der Waals surface area contributed by atoms with Crippen LogP contribution in [-0.4, -0.2) is 27.0 Å². The molecule has 0 saturated carbocycles. The van der Waals surface area contributed by atoms with E-state index in [0.717, 1.165) is 31.1 Å². The molecule has 1 unspecified atom stereocenters. The molecule has 1 heterocycles. The average molecular weight is 353 g/mol. The zero-order valence-corrected chi connectivity index (χ0v) is 15.9. The van der Waals surface area contributed by atoms with E-state index in [1.807, 2.05) is 26.8 Å². The number of nitrogens with zero attached hydrogens (tertiary/aromatic N) is 2. The maximum Gasteiger partial charge on any atom is 0.176 e. The monoisotopic (exact) mass is 352 g/mol. The largest absolute Gasteiger partial charge is 0.293 e. The van der Waals surface area contributed by atoms with Gasteiger partial charge in [0.05, 0.1) is 5.25 Å². The van der Waals surface area contributed by atoms with Crippen LogP contribution in [-0.2, 0) is 0 Å². The minimum Gasteiger partial charge on any atom is -0.293 e. The summed E-state index contributed by atoms with van der Waals surface area (Å²) in [7, 11) is 0. The third-order valence-corrected chi connectivity index (χ3v) is 6.53. The lowest BCUT2D eigenvalue weighted by Gasteiger charge is -2.12. The van der Waals surface area contributed by atoms with Crippen molar-refractivity contribution in [3.63, 3.8) is 0 Å². The highest BCUT2D eigenvalue weighted by molar-refractivity contribution is 8.03. The first-order chi connectivity index (χ1) is 10.4. The minimum atomic E-state index is -0.159. The molecule has 1 atom stereocenters. The Labute approximate surface area is 144 Å². The lowest BCUT2D eigenvalue weighted by atomic mass is 9.97. The Morgan fingerprint density at radius 2 is 1.77 bits per heavy atom. The van der Waals surface area contributed by atoms with Gasteiger partial charge in [-0.25, -0.2) is 0 Å². The lowest BCUT2D eigenvalue weighted by molar-refractivity contribution is 0.0993. The first-order valence-electron chi connectivity index (χ1n) is 7.17. The Bertz CT molecular complexity index is 682. The summed E-state index contributed by atoms with van der Waals surface area (Å²) in [5.41, 5.74) is 4.24. The van der Waals surface area contributed by atoms with Crippen molar-refractivity contribution in [2.45, 2.75) is 48.5 Å². The Morgan fingerprint density at radius 3 is 2.45 bits per heavy atom. The summed E-state index contributed by atoms with van der Waals surface area (Å²) in [5, 5.41) is 8.14. The summed E-state index contributed by atoms with van der Waals surface area (Å²) in [5.74, 6) is 1.14. The fourth-order valence-electron chi connectivity index (χ4n) is 2.08. The summed E-state index contributed by atoms with van der Waals surface area (Å²) >= 11 is 4.73. The van der Waals surface area contributed by atoms with Crippen molar-refractivity contribution < 1.29 is 4.79 Å². The molecule has 0 fully saturated rings. The van der Waals surface area contributed by atoms with Gasteiger partial charge in [0, 0.05) is 5.56 Å². The van der Waals surface area contributed by atoms with Gasteiger partial charge in [-0.05, 0) is 56.2 Å². The molecular formula is C16H20N2OS3. The quantitative estimate of drug-likeness (QED) is 0.544. The van der Waals surface area contributed by atoms with Crippen LogP contribution < -0.4 is 0 Å². The molecule has 22 heavy (non-hydrogen) atoms. The van der Waals surface area contributed by atoms with Crippen molar-refractivity contribution in [3.8, 4) is 0 Å². The van der Waals surface area contributed by atoms with Crippen LogP contribution >= 0.6 is 34.9 Å². The third-order valence-electron chi connectivity index (χ3n) is 3.41. The Kier molecular flexibility index (Phi) is 6.06. The summed E-state index contributed by atoms with van der Waals surface area (Å²) in [6, 6.07) is 4.09. The van der Waals surface area contributed by atoms with Crippen molar-refractivity contribution in [2.24, 2.45) is 0 Å². The Morgan fingerprint density at radius 1 is 1.14 bits per heavy atom. The molecule has 6 heteroatoms. The number of aromatic nitrogens is 2. The molecule has 0 N–H and O–H groups in total. The highest BCUT2D eigenvalue weighted by Crippen LogP contribution is 2.32. The van der Waals surface area contributed by atoms with Crippen molar-refractivity contribution in [3.05, 3.63) is 34.4 Å². The molecule has 0 bridgehead atoms. The van der Waals surface area contributed by atoms with Gasteiger partial charge in [0.1, 0.15) is 0 Å². The van der Waals surface area contributed by atoms with Crippen LogP contribution in [0.25, 0.3) is 0 Å². The van der Waals surface area contributed by atoms with Crippen LogP contribution in [0.3, 0.4) is 0 Å². The average Bonchev–Trinajstić information content (AvgIpc) is 2.89. The van der Waals surface area contributed by atoms with Crippen molar-refractivity contribution in [1.29, 1.82) is 0 Å². The van der Waals surface area contributed by atoms with Gasteiger partial charge < -0.3 is 0 Å². The number of benzene rings is 1. The van der Waals surface area contributed by atoms with Crippen LogP contribution in [0.4, 0.5) is 0 Å². The molecule has 0 amide bonds.